The molecule has 0 unspecified atom stereocenters. The monoisotopic (exact) mass is 310 g/mol. The highest BCUT2D eigenvalue weighted by Gasteiger charge is 2.18. The second-order valence-corrected chi connectivity index (χ2v) is 6.05. The van der Waals surface area contributed by atoms with Crippen molar-refractivity contribution in [3.63, 3.8) is 0 Å². The molecule has 0 saturated carbocycles. The molecule has 0 aliphatic heterocycles. The lowest BCUT2D eigenvalue weighted by Crippen LogP contribution is -3.04. The molecule has 4 nitrogen and oxygen atoms in total. The maximum absolute atomic E-state index is 11.8. The highest BCUT2D eigenvalue weighted by Crippen LogP contribution is 2.35. The summed E-state index contributed by atoms with van der Waals surface area (Å²) >= 11 is 6.14. The summed E-state index contributed by atoms with van der Waals surface area (Å²) in [4.78, 5) is 12.9. The third-order valence-electron chi connectivity index (χ3n) is 3.47. The van der Waals surface area contributed by atoms with Gasteiger partial charge in [0.1, 0.15) is 12.3 Å². The van der Waals surface area contributed by atoms with E-state index < -0.39 is 0 Å². The van der Waals surface area contributed by atoms with Gasteiger partial charge >= 0.3 is 5.63 Å². The average Bonchev–Trinajstić information content (AvgIpc) is 2.42. The highest BCUT2D eigenvalue weighted by atomic mass is 35.5. The van der Waals surface area contributed by atoms with Crippen molar-refractivity contribution in [2.45, 2.75) is 32.7 Å². The molecular formula is C16H21ClNO3+. The summed E-state index contributed by atoms with van der Waals surface area (Å²) in [6.45, 7) is 2.64. The van der Waals surface area contributed by atoms with E-state index in [0.29, 0.717) is 22.7 Å². The van der Waals surface area contributed by atoms with Crippen molar-refractivity contribution in [2.75, 3.05) is 14.1 Å². The molecule has 0 saturated heterocycles. The van der Waals surface area contributed by atoms with Crippen molar-refractivity contribution in [2.24, 2.45) is 0 Å². The first kappa shape index (κ1) is 15.9. The van der Waals surface area contributed by atoms with Gasteiger partial charge in [0, 0.05) is 11.5 Å². The van der Waals surface area contributed by atoms with Crippen LogP contribution in [-0.4, -0.2) is 19.2 Å². The van der Waals surface area contributed by atoms with Crippen LogP contribution in [0.2, 0.25) is 5.02 Å². The number of hydrogen-bond donors (Lipinski definition) is 2. The van der Waals surface area contributed by atoms with Gasteiger partial charge in [0.15, 0.2) is 5.58 Å². The molecular weight excluding hydrogens is 290 g/mol. The van der Waals surface area contributed by atoms with Gasteiger partial charge in [-0.25, -0.2) is 4.79 Å². The maximum atomic E-state index is 11.8. The van der Waals surface area contributed by atoms with Crippen LogP contribution in [0.5, 0.6) is 5.75 Å². The zero-order valence-corrected chi connectivity index (χ0v) is 13.4. The predicted octanol–water partition coefficient (Wildman–Crippen LogP) is 2.14. The van der Waals surface area contributed by atoms with Gasteiger partial charge in [0.25, 0.3) is 0 Å². The Bertz CT molecular complexity index is 707. The lowest BCUT2D eigenvalue weighted by atomic mass is 10.0. The number of rotatable bonds is 5. The second-order valence-electron chi connectivity index (χ2n) is 5.64. The Labute approximate surface area is 128 Å². The van der Waals surface area contributed by atoms with Crippen LogP contribution in [0.25, 0.3) is 11.0 Å². The Kier molecular flexibility index (Phi) is 4.91. The summed E-state index contributed by atoms with van der Waals surface area (Å²) in [7, 11) is 3.93. The third kappa shape index (κ3) is 3.39. The molecule has 1 aromatic heterocycles. The lowest BCUT2D eigenvalue weighted by molar-refractivity contribution is -0.872. The summed E-state index contributed by atoms with van der Waals surface area (Å²) in [5.74, 6) is 0.00107. The van der Waals surface area contributed by atoms with Crippen LogP contribution in [0.15, 0.2) is 21.3 Å². The normalized spacial score (nSPS) is 11.5. The molecule has 5 heteroatoms. The molecule has 0 bridgehead atoms. The van der Waals surface area contributed by atoms with Crippen LogP contribution in [0.3, 0.4) is 0 Å². The fourth-order valence-corrected chi connectivity index (χ4v) is 2.69. The van der Waals surface area contributed by atoms with Gasteiger partial charge in [-0.2, -0.15) is 0 Å². The van der Waals surface area contributed by atoms with E-state index in [2.05, 4.69) is 6.92 Å². The number of halogens is 1. The van der Waals surface area contributed by atoms with E-state index in [1.165, 1.54) is 6.07 Å². The standard InChI is InChI=1S/C16H20ClNO3/c1-4-5-6-10-7-14(19)21-16-11(10)8-13(17)15(20)12(16)9-18(2)3/h7-8,20H,4-6,9H2,1-3H3/p+1. The van der Waals surface area contributed by atoms with Gasteiger partial charge in [-0.05, 0) is 24.5 Å². The SMILES string of the molecule is CCCCc1cc(=O)oc2c(C[NH+](C)C)c(O)c(Cl)cc12. The van der Waals surface area contributed by atoms with Gasteiger partial charge in [-0.3, -0.25) is 0 Å². The van der Waals surface area contributed by atoms with Crippen LogP contribution >= 0.6 is 11.6 Å². The minimum Gasteiger partial charge on any atom is -0.506 e. The van der Waals surface area contributed by atoms with Crippen molar-refractivity contribution in [3.05, 3.63) is 38.7 Å². The van der Waals surface area contributed by atoms with Gasteiger partial charge in [0.05, 0.1) is 24.7 Å². The molecule has 0 radical (unpaired) electrons. The molecule has 0 amide bonds. The fraction of sp³-hybridized carbons (Fsp3) is 0.438. The first-order valence-corrected chi connectivity index (χ1v) is 7.58. The number of unbranched alkanes of at least 4 members (excludes halogenated alkanes) is 1. The number of aromatic hydroxyl groups is 1. The molecule has 0 aliphatic carbocycles. The van der Waals surface area contributed by atoms with Crippen LogP contribution in [-0.2, 0) is 13.0 Å². The van der Waals surface area contributed by atoms with E-state index >= 15 is 0 Å². The minimum atomic E-state index is -0.384. The molecule has 0 fully saturated rings. The first-order chi connectivity index (χ1) is 9.93. The summed E-state index contributed by atoms with van der Waals surface area (Å²) in [5, 5.41) is 11.3. The molecule has 21 heavy (non-hydrogen) atoms. The Morgan fingerprint density at radius 2 is 2.05 bits per heavy atom. The Hall–Kier alpha value is -1.52. The summed E-state index contributed by atoms with van der Waals surface area (Å²) < 4.78 is 5.36. The molecule has 2 N–H and O–H groups in total. The molecule has 2 rings (SSSR count). The van der Waals surface area contributed by atoms with Gasteiger partial charge in [-0.1, -0.05) is 24.9 Å². The number of aryl methyl sites for hydroxylation is 1. The van der Waals surface area contributed by atoms with Crippen molar-refractivity contribution in [1.29, 1.82) is 0 Å². The third-order valence-corrected chi connectivity index (χ3v) is 3.76. The van der Waals surface area contributed by atoms with Crippen LogP contribution < -0.4 is 10.5 Å². The summed E-state index contributed by atoms with van der Waals surface area (Å²) in [5.41, 5.74) is 1.59. The number of nitrogens with one attached hydrogen (secondary N) is 1. The van der Waals surface area contributed by atoms with Crippen molar-refractivity contribution >= 4 is 22.6 Å². The molecule has 1 aromatic carbocycles. The summed E-state index contributed by atoms with van der Waals surface area (Å²) in [6.07, 6.45) is 2.83. The smallest absolute Gasteiger partial charge is 0.336 e. The largest absolute Gasteiger partial charge is 0.506 e. The van der Waals surface area contributed by atoms with Gasteiger partial charge in [-0.15, -0.1) is 0 Å². The van der Waals surface area contributed by atoms with Crippen LogP contribution in [0.4, 0.5) is 0 Å². The highest BCUT2D eigenvalue weighted by molar-refractivity contribution is 6.33. The Morgan fingerprint density at radius 3 is 2.67 bits per heavy atom. The van der Waals surface area contributed by atoms with Crippen LogP contribution in [0, 0.1) is 0 Å². The zero-order chi connectivity index (χ0) is 15.6. The topological polar surface area (TPSA) is 54.9 Å². The van der Waals surface area contributed by atoms with Crippen LogP contribution in [0.1, 0.15) is 30.9 Å². The Balaban J connectivity index is 2.73. The quantitative estimate of drug-likeness (QED) is 0.832. The number of benzene rings is 1. The number of hydrogen-bond acceptors (Lipinski definition) is 3. The second kappa shape index (κ2) is 6.50. The van der Waals surface area contributed by atoms with Gasteiger partial charge < -0.3 is 14.4 Å². The number of quaternary nitrogens is 1. The fourth-order valence-electron chi connectivity index (χ4n) is 2.47. The van der Waals surface area contributed by atoms with E-state index in [1.807, 2.05) is 14.1 Å². The average molecular weight is 311 g/mol. The van der Waals surface area contributed by atoms with Crippen molar-refractivity contribution < 1.29 is 14.4 Å². The predicted molar refractivity (Wildman–Crippen MR) is 84.3 cm³/mol. The van der Waals surface area contributed by atoms with Gasteiger partial charge in [0.2, 0.25) is 0 Å². The number of phenolic OH excluding ortho intramolecular Hbond substituents is 1. The number of phenols is 1. The first-order valence-electron chi connectivity index (χ1n) is 7.20. The molecule has 0 atom stereocenters. The molecule has 0 spiro atoms. The maximum Gasteiger partial charge on any atom is 0.336 e. The zero-order valence-electron chi connectivity index (χ0n) is 12.6. The van der Waals surface area contributed by atoms with Crippen molar-refractivity contribution in [1.82, 2.24) is 0 Å². The minimum absolute atomic E-state index is 0.00107. The molecule has 2 aromatic rings. The molecule has 1 heterocycles. The molecule has 0 aliphatic rings. The van der Waals surface area contributed by atoms with E-state index in [0.717, 1.165) is 35.1 Å². The van der Waals surface area contributed by atoms with E-state index in [9.17, 15) is 9.90 Å². The Morgan fingerprint density at radius 1 is 1.33 bits per heavy atom. The summed E-state index contributed by atoms with van der Waals surface area (Å²) in [6, 6.07) is 3.21. The lowest BCUT2D eigenvalue weighted by Gasteiger charge is -2.13. The van der Waals surface area contributed by atoms with Crippen molar-refractivity contribution in [3.8, 4) is 5.75 Å². The van der Waals surface area contributed by atoms with E-state index in [1.54, 1.807) is 6.07 Å². The molecule has 114 valence electrons. The van der Waals surface area contributed by atoms with E-state index in [4.69, 9.17) is 16.0 Å². The van der Waals surface area contributed by atoms with E-state index in [-0.39, 0.29) is 11.4 Å². The number of fused-ring (bicyclic) bond motifs is 1.